The maximum atomic E-state index is 11.4. The highest BCUT2D eigenvalue weighted by Gasteiger charge is 2.32. The smallest absolute Gasteiger partial charge is 0.326 e. The van der Waals surface area contributed by atoms with Crippen LogP contribution in [0.4, 0.5) is 4.79 Å². The minimum Gasteiger partial charge on any atom is -0.480 e. The summed E-state index contributed by atoms with van der Waals surface area (Å²) in [5, 5.41) is 13.7. The Bertz CT molecular complexity index is 344. The quantitative estimate of drug-likeness (QED) is 0.580. The van der Waals surface area contributed by atoms with Crippen molar-refractivity contribution in [2.75, 3.05) is 13.7 Å². The Morgan fingerprint density at radius 3 is 2.50 bits per heavy atom. The van der Waals surface area contributed by atoms with Gasteiger partial charge in [-0.25, -0.2) is 9.59 Å². The summed E-state index contributed by atoms with van der Waals surface area (Å²) in [6.07, 6.45) is 0.684. The fourth-order valence-electron chi connectivity index (χ4n) is 1.57. The van der Waals surface area contributed by atoms with Crippen LogP contribution in [0.5, 0.6) is 0 Å². The zero-order valence-electron chi connectivity index (χ0n) is 10.4. The Morgan fingerprint density at radius 2 is 2.06 bits per heavy atom. The van der Waals surface area contributed by atoms with Crippen LogP contribution in [0, 0.1) is 11.8 Å². The molecule has 0 saturated heterocycles. The maximum Gasteiger partial charge on any atom is 0.326 e. The van der Waals surface area contributed by atoms with E-state index in [0.29, 0.717) is 18.4 Å². The molecule has 1 saturated carbocycles. The van der Waals surface area contributed by atoms with Gasteiger partial charge in [-0.1, -0.05) is 6.92 Å². The van der Waals surface area contributed by atoms with E-state index in [0.717, 1.165) is 13.5 Å². The molecule has 0 aromatic heterocycles. The van der Waals surface area contributed by atoms with Gasteiger partial charge in [0.05, 0.1) is 13.5 Å². The molecule has 2 amide bonds. The predicted octanol–water partition coefficient (Wildman–Crippen LogP) is -0.0421. The first kappa shape index (κ1) is 14.3. The van der Waals surface area contributed by atoms with E-state index in [4.69, 9.17) is 5.11 Å². The van der Waals surface area contributed by atoms with Gasteiger partial charge in [-0.05, 0) is 18.3 Å². The van der Waals surface area contributed by atoms with E-state index in [1.807, 2.05) is 0 Å². The second kappa shape index (κ2) is 6.23. The van der Waals surface area contributed by atoms with Crippen molar-refractivity contribution in [1.82, 2.24) is 10.6 Å². The molecule has 7 heteroatoms. The Kier molecular flexibility index (Phi) is 4.94. The second-order valence-electron chi connectivity index (χ2n) is 4.50. The van der Waals surface area contributed by atoms with Crippen molar-refractivity contribution in [3.63, 3.8) is 0 Å². The van der Waals surface area contributed by atoms with Gasteiger partial charge in [0.1, 0.15) is 6.04 Å². The molecular formula is C11H18N2O5. The molecule has 0 aromatic carbocycles. The van der Waals surface area contributed by atoms with Crippen LogP contribution in [0.1, 0.15) is 19.8 Å². The van der Waals surface area contributed by atoms with Crippen molar-refractivity contribution in [3.05, 3.63) is 0 Å². The summed E-state index contributed by atoms with van der Waals surface area (Å²) in [6.45, 7) is 2.61. The van der Waals surface area contributed by atoms with E-state index < -0.39 is 24.0 Å². The van der Waals surface area contributed by atoms with Gasteiger partial charge in [-0.2, -0.15) is 0 Å². The topological polar surface area (TPSA) is 105 Å². The molecule has 2 unspecified atom stereocenters. The van der Waals surface area contributed by atoms with Crippen molar-refractivity contribution in [2.24, 2.45) is 11.8 Å². The van der Waals surface area contributed by atoms with Crippen LogP contribution in [-0.4, -0.2) is 42.8 Å². The SMILES string of the molecule is COC(=O)C[C@H](NC(=O)NCC1CC1C)C(=O)O. The Labute approximate surface area is 105 Å². The largest absolute Gasteiger partial charge is 0.480 e. The number of hydrogen-bond donors (Lipinski definition) is 3. The van der Waals surface area contributed by atoms with Crippen molar-refractivity contribution in [1.29, 1.82) is 0 Å². The third-order valence-corrected chi connectivity index (χ3v) is 3.00. The highest BCUT2D eigenvalue weighted by atomic mass is 16.5. The van der Waals surface area contributed by atoms with E-state index in [2.05, 4.69) is 22.3 Å². The zero-order valence-corrected chi connectivity index (χ0v) is 10.4. The van der Waals surface area contributed by atoms with Crippen molar-refractivity contribution in [2.45, 2.75) is 25.8 Å². The number of amides is 2. The lowest BCUT2D eigenvalue weighted by atomic mass is 10.2. The summed E-state index contributed by atoms with van der Waals surface area (Å²) >= 11 is 0. The van der Waals surface area contributed by atoms with Crippen LogP contribution < -0.4 is 10.6 Å². The minimum atomic E-state index is -1.27. The number of carbonyl (C=O) groups excluding carboxylic acids is 2. The van der Waals surface area contributed by atoms with Gasteiger partial charge in [0.2, 0.25) is 0 Å². The Morgan fingerprint density at radius 1 is 1.44 bits per heavy atom. The van der Waals surface area contributed by atoms with Gasteiger partial charge in [0.25, 0.3) is 0 Å². The fraction of sp³-hybridized carbons (Fsp3) is 0.727. The number of aliphatic carboxylic acids is 1. The van der Waals surface area contributed by atoms with Crippen molar-refractivity contribution in [3.8, 4) is 0 Å². The predicted molar refractivity (Wildman–Crippen MR) is 61.9 cm³/mol. The summed E-state index contributed by atoms with van der Waals surface area (Å²) in [6, 6.07) is -1.85. The number of carbonyl (C=O) groups is 3. The highest BCUT2D eigenvalue weighted by Crippen LogP contribution is 2.36. The van der Waals surface area contributed by atoms with Gasteiger partial charge in [0, 0.05) is 6.54 Å². The van der Waals surface area contributed by atoms with Gasteiger partial charge in [-0.3, -0.25) is 4.79 Å². The van der Waals surface area contributed by atoms with Crippen LogP contribution in [0.3, 0.4) is 0 Å². The van der Waals surface area contributed by atoms with Crippen LogP contribution in [-0.2, 0) is 14.3 Å². The average molecular weight is 258 g/mol. The van der Waals surface area contributed by atoms with E-state index >= 15 is 0 Å². The summed E-state index contributed by atoms with van der Waals surface area (Å²) < 4.78 is 4.36. The van der Waals surface area contributed by atoms with E-state index in [1.54, 1.807) is 0 Å². The lowest BCUT2D eigenvalue weighted by molar-refractivity contribution is -0.147. The second-order valence-corrected chi connectivity index (χ2v) is 4.50. The lowest BCUT2D eigenvalue weighted by Crippen LogP contribution is -2.47. The third-order valence-electron chi connectivity index (χ3n) is 3.00. The summed E-state index contributed by atoms with van der Waals surface area (Å²) in [4.78, 5) is 33.2. The van der Waals surface area contributed by atoms with Gasteiger partial charge >= 0.3 is 18.0 Å². The molecule has 0 heterocycles. The van der Waals surface area contributed by atoms with E-state index in [1.165, 1.54) is 0 Å². The maximum absolute atomic E-state index is 11.4. The molecule has 1 fully saturated rings. The first-order valence-electron chi connectivity index (χ1n) is 5.78. The van der Waals surface area contributed by atoms with Crippen LogP contribution in [0.2, 0.25) is 0 Å². The zero-order chi connectivity index (χ0) is 13.7. The van der Waals surface area contributed by atoms with Crippen molar-refractivity contribution < 1.29 is 24.2 Å². The number of carboxylic acid groups (broad SMARTS) is 1. The number of methoxy groups -OCH3 is 1. The number of esters is 1. The normalized spacial score (nSPS) is 22.8. The molecule has 1 rings (SSSR count). The standard InChI is InChI=1S/C11H18N2O5/c1-6-3-7(6)5-12-11(17)13-8(10(15)16)4-9(14)18-2/h6-8H,3-5H2,1-2H3,(H,15,16)(H2,12,13,17)/t6?,7?,8-/m0/s1. The minimum absolute atomic E-state index is 0.390. The van der Waals surface area contributed by atoms with Crippen LogP contribution in [0.25, 0.3) is 0 Å². The third kappa shape index (κ3) is 4.60. The molecular weight excluding hydrogens is 240 g/mol. The summed E-state index contributed by atoms with van der Waals surface area (Å²) in [7, 11) is 1.16. The Balaban J connectivity index is 2.32. The molecule has 1 aliphatic rings. The monoisotopic (exact) mass is 258 g/mol. The summed E-state index contributed by atoms with van der Waals surface area (Å²) in [5.41, 5.74) is 0. The number of rotatable bonds is 6. The molecule has 18 heavy (non-hydrogen) atoms. The number of hydrogen-bond acceptors (Lipinski definition) is 4. The number of ether oxygens (including phenoxy) is 1. The van der Waals surface area contributed by atoms with E-state index in [9.17, 15) is 14.4 Å². The molecule has 7 nitrogen and oxygen atoms in total. The lowest BCUT2D eigenvalue weighted by Gasteiger charge is -2.13. The molecule has 3 N–H and O–H groups in total. The van der Waals surface area contributed by atoms with Gasteiger partial charge < -0.3 is 20.5 Å². The number of urea groups is 1. The molecule has 3 atom stereocenters. The van der Waals surface area contributed by atoms with E-state index in [-0.39, 0.29) is 6.42 Å². The molecule has 102 valence electrons. The van der Waals surface area contributed by atoms with Crippen LogP contribution in [0.15, 0.2) is 0 Å². The molecule has 0 aromatic rings. The first-order valence-corrected chi connectivity index (χ1v) is 5.78. The van der Waals surface area contributed by atoms with Gasteiger partial charge in [-0.15, -0.1) is 0 Å². The molecule has 0 radical (unpaired) electrons. The van der Waals surface area contributed by atoms with Crippen molar-refractivity contribution >= 4 is 18.0 Å². The number of nitrogens with one attached hydrogen (secondary N) is 2. The van der Waals surface area contributed by atoms with Crippen LogP contribution >= 0.6 is 0 Å². The highest BCUT2D eigenvalue weighted by molar-refractivity contribution is 5.86. The molecule has 1 aliphatic carbocycles. The number of carboxylic acids is 1. The van der Waals surface area contributed by atoms with Gasteiger partial charge in [0.15, 0.2) is 0 Å². The summed E-state index contributed by atoms with van der Waals surface area (Å²) in [5.74, 6) is -0.871. The fourth-order valence-corrected chi connectivity index (χ4v) is 1.57. The molecule has 0 spiro atoms. The molecule has 0 aliphatic heterocycles. The first-order chi connectivity index (χ1) is 8.43. The molecule has 0 bridgehead atoms. The Hall–Kier alpha value is -1.79. The average Bonchev–Trinajstić information content (AvgIpc) is 3.01.